The molecule has 142 valence electrons. The summed E-state index contributed by atoms with van der Waals surface area (Å²) in [6.07, 6.45) is 7.93. The van der Waals surface area contributed by atoms with Crippen LogP contribution in [0.4, 0.5) is 8.78 Å². The second kappa shape index (κ2) is 7.70. The molecule has 0 atom stereocenters. The fourth-order valence-electron chi connectivity index (χ4n) is 4.63. The summed E-state index contributed by atoms with van der Waals surface area (Å²) in [6.45, 7) is 2.88. The van der Waals surface area contributed by atoms with Gasteiger partial charge in [0.05, 0.1) is 5.69 Å². The number of nitrogens with zero attached hydrogens (tertiary/aromatic N) is 2. The maximum atomic E-state index is 13.5. The molecular formula is C19H32F2N4. The van der Waals surface area contributed by atoms with Crippen LogP contribution in [0.25, 0.3) is 0 Å². The minimum Gasteiger partial charge on any atom is -0.318 e. The number of hydrogen-bond donors (Lipinski definition) is 2. The molecule has 0 unspecified atom stereocenters. The lowest BCUT2D eigenvalue weighted by molar-refractivity contribution is -0.0759. The van der Waals surface area contributed by atoms with Crippen LogP contribution in [0.2, 0.25) is 0 Å². The van der Waals surface area contributed by atoms with Crippen LogP contribution >= 0.6 is 0 Å². The predicted molar refractivity (Wildman–Crippen MR) is 95.9 cm³/mol. The third kappa shape index (κ3) is 4.59. The highest BCUT2D eigenvalue weighted by atomic mass is 19.3. The van der Waals surface area contributed by atoms with Crippen molar-refractivity contribution in [3.63, 3.8) is 0 Å². The van der Waals surface area contributed by atoms with Gasteiger partial charge in [-0.15, -0.1) is 0 Å². The molecule has 0 aromatic carbocycles. The Morgan fingerprint density at radius 2 is 1.88 bits per heavy atom. The molecule has 4 nitrogen and oxygen atoms in total. The minimum absolute atomic E-state index is 0.0849. The molecule has 25 heavy (non-hydrogen) atoms. The van der Waals surface area contributed by atoms with Crippen molar-refractivity contribution in [2.75, 3.05) is 27.2 Å². The first-order chi connectivity index (χ1) is 11.9. The van der Waals surface area contributed by atoms with Gasteiger partial charge in [-0.2, -0.15) is 5.10 Å². The van der Waals surface area contributed by atoms with E-state index in [0.717, 1.165) is 45.3 Å². The highest BCUT2D eigenvalue weighted by molar-refractivity contribution is 5.21. The van der Waals surface area contributed by atoms with Crippen molar-refractivity contribution in [1.82, 2.24) is 20.4 Å². The molecule has 0 bridgehead atoms. The number of nitrogens with one attached hydrogen (secondary N) is 2. The molecule has 2 N–H and O–H groups in total. The van der Waals surface area contributed by atoms with Gasteiger partial charge >= 0.3 is 0 Å². The Kier molecular flexibility index (Phi) is 5.78. The molecule has 1 aromatic rings. The lowest BCUT2D eigenvalue weighted by Crippen LogP contribution is -2.36. The van der Waals surface area contributed by atoms with Crippen molar-refractivity contribution in [2.24, 2.45) is 5.41 Å². The molecular weight excluding hydrogens is 322 g/mol. The molecule has 1 heterocycles. The first-order valence-electron chi connectivity index (χ1n) is 9.67. The van der Waals surface area contributed by atoms with E-state index in [1.54, 1.807) is 0 Å². The zero-order valence-electron chi connectivity index (χ0n) is 15.6. The fraction of sp³-hybridized carbons (Fsp3) is 0.842. The van der Waals surface area contributed by atoms with Gasteiger partial charge < -0.3 is 10.2 Å². The molecule has 2 aliphatic rings. The molecule has 1 spiro atoms. The Morgan fingerprint density at radius 1 is 1.20 bits per heavy atom. The molecule has 2 aliphatic carbocycles. The summed E-state index contributed by atoms with van der Waals surface area (Å²) in [5.41, 5.74) is 2.67. The molecule has 3 rings (SSSR count). The third-order valence-electron chi connectivity index (χ3n) is 6.41. The summed E-state index contributed by atoms with van der Waals surface area (Å²) in [7, 11) is 4.10. The van der Waals surface area contributed by atoms with Gasteiger partial charge in [-0.05, 0) is 58.0 Å². The maximum Gasteiger partial charge on any atom is 0.248 e. The number of rotatable bonds is 6. The second-order valence-corrected chi connectivity index (χ2v) is 8.27. The van der Waals surface area contributed by atoms with Gasteiger partial charge in [0, 0.05) is 50.2 Å². The van der Waals surface area contributed by atoms with E-state index in [-0.39, 0.29) is 18.3 Å². The van der Waals surface area contributed by atoms with E-state index in [9.17, 15) is 8.78 Å². The number of aromatic amines is 1. The Hall–Kier alpha value is -1.01. The van der Waals surface area contributed by atoms with E-state index in [0.29, 0.717) is 18.8 Å². The van der Waals surface area contributed by atoms with Crippen molar-refractivity contribution in [2.45, 2.75) is 69.8 Å². The Balaban J connectivity index is 1.56. The summed E-state index contributed by atoms with van der Waals surface area (Å²) >= 11 is 0. The van der Waals surface area contributed by atoms with Crippen molar-refractivity contribution in [1.29, 1.82) is 0 Å². The van der Waals surface area contributed by atoms with Crippen LogP contribution in [0, 0.1) is 5.41 Å². The normalized spacial score (nSPS) is 23.4. The zero-order chi connectivity index (χ0) is 17.9. The van der Waals surface area contributed by atoms with E-state index in [1.165, 1.54) is 11.3 Å². The van der Waals surface area contributed by atoms with Crippen LogP contribution in [0.3, 0.4) is 0 Å². The fourth-order valence-corrected chi connectivity index (χ4v) is 4.63. The molecule has 6 heteroatoms. The summed E-state index contributed by atoms with van der Waals surface area (Å²) in [4.78, 5) is 2.30. The number of aromatic nitrogens is 2. The summed E-state index contributed by atoms with van der Waals surface area (Å²) in [5.74, 6) is -1.94. The van der Waals surface area contributed by atoms with Crippen LogP contribution in [0.5, 0.6) is 0 Å². The van der Waals surface area contributed by atoms with Gasteiger partial charge in [0.1, 0.15) is 0 Å². The number of likely N-dealkylation sites (N-methyl/N-ethyl adjacent to an activating group) is 2. The first-order valence-corrected chi connectivity index (χ1v) is 9.67. The zero-order valence-corrected chi connectivity index (χ0v) is 15.6. The largest absolute Gasteiger partial charge is 0.318 e. The molecule has 0 amide bonds. The van der Waals surface area contributed by atoms with Crippen molar-refractivity contribution < 1.29 is 8.78 Å². The van der Waals surface area contributed by atoms with Crippen LogP contribution in [-0.2, 0) is 6.54 Å². The third-order valence-corrected chi connectivity index (χ3v) is 6.41. The second-order valence-electron chi connectivity index (χ2n) is 8.27. The monoisotopic (exact) mass is 354 g/mol. The quantitative estimate of drug-likeness (QED) is 0.814. The minimum atomic E-state index is -2.42. The van der Waals surface area contributed by atoms with Gasteiger partial charge in [-0.25, -0.2) is 8.78 Å². The Bertz CT molecular complexity index is 537. The standard InChI is InChI=1S/C19H32F2N4/c1-22-11-12-25(2)14-16-13-23-24-17(16)15-3-5-18(6-4-15)7-9-19(20,21)10-8-18/h13,15,22H,3-12,14H2,1-2H3,(H,23,24). The van der Waals surface area contributed by atoms with Gasteiger partial charge in [0.15, 0.2) is 0 Å². The average Bonchev–Trinajstić information content (AvgIpc) is 3.05. The van der Waals surface area contributed by atoms with E-state index >= 15 is 0 Å². The molecule has 0 radical (unpaired) electrons. The number of halogens is 2. The van der Waals surface area contributed by atoms with E-state index in [1.807, 2.05) is 13.2 Å². The van der Waals surface area contributed by atoms with Crippen LogP contribution in [0.15, 0.2) is 6.20 Å². The number of H-pyrrole nitrogens is 1. The molecule has 1 aromatic heterocycles. The lowest BCUT2D eigenvalue weighted by atomic mass is 9.62. The van der Waals surface area contributed by atoms with Crippen LogP contribution in [-0.4, -0.2) is 48.2 Å². The summed E-state index contributed by atoms with van der Waals surface area (Å²) in [6, 6.07) is 0. The predicted octanol–water partition coefficient (Wildman–Crippen LogP) is 3.91. The van der Waals surface area contributed by atoms with E-state index < -0.39 is 5.92 Å². The van der Waals surface area contributed by atoms with Crippen LogP contribution < -0.4 is 5.32 Å². The van der Waals surface area contributed by atoms with Crippen molar-refractivity contribution >= 4 is 0 Å². The van der Waals surface area contributed by atoms with Gasteiger partial charge in [0.25, 0.3) is 0 Å². The maximum absolute atomic E-state index is 13.5. The molecule has 2 saturated carbocycles. The van der Waals surface area contributed by atoms with Crippen LogP contribution in [0.1, 0.15) is 68.5 Å². The van der Waals surface area contributed by atoms with Crippen molar-refractivity contribution in [3.05, 3.63) is 17.5 Å². The van der Waals surface area contributed by atoms with E-state index in [4.69, 9.17) is 0 Å². The topological polar surface area (TPSA) is 44.0 Å². The number of hydrogen-bond acceptors (Lipinski definition) is 3. The summed E-state index contributed by atoms with van der Waals surface area (Å²) < 4.78 is 27.0. The highest BCUT2D eigenvalue weighted by Gasteiger charge is 2.45. The number of alkyl halides is 2. The molecule has 0 saturated heterocycles. The smallest absolute Gasteiger partial charge is 0.248 e. The van der Waals surface area contributed by atoms with Gasteiger partial charge in [-0.3, -0.25) is 5.10 Å². The Labute approximate surface area is 149 Å². The highest BCUT2D eigenvalue weighted by Crippen LogP contribution is 2.53. The molecule has 0 aliphatic heterocycles. The summed E-state index contributed by atoms with van der Waals surface area (Å²) in [5, 5.41) is 10.8. The van der Waals surface area contributed by atoms with Crippen molar-refractivity contribution in [3.8, 4) is 0 Å². The SMILES string of the molecule is CNCCN(C)Cc1c[nH]nc1C1CCC2(CC1)CCC(F)(F)CC2. The Morgan fingerprint density at radius 3 is 2.52 bits per heavy atom. The lowest BCUT2D eigenvalue weighted by Gasteiger charge is -2.44. The first kappa shape index (κ1) is 18.8. The van der Waals surface area contributed by atoms with E-state index in [2.05, 4.69) is 27.5 Å². The van der Waals surface area contributed by atoms with Gasteiger partial charge in [0.2, 0.25) is 5.92 Å². The van der Waals surface area contributed by atoms with Gasteiger partial charge in [-0.1, -0.05) is 0 Å². The molecule has 2 fully saturated rings. The average molecular weight is 354 g/mol.